The van der Waals surface area contributed by atoms with E-state index in [4.69, 9.17) is 10.8 Å². The lowest BCUT2D eigenvalue weighted by Gasteiger charge is -2.07. The summed E-state index contributed by atoms with van der Waals surface area (Å²) in [6, 6.07) is 5.94. The zero-order chi connectivity index (χ0) is 15.0. The molecule has 0 heterocycles. The number of primary amides is 1. The van der Waals surface area contributed by atoms with Crippen molar-refractivity contribution in [1.29, 1.82) is 0 Å². The Bertz CT molecular complexity index is 502. The van der Waals surface area contributed by atoms with Gasteiger partial charge in [-0.2, -0.15) is 0 Å². The van der Waals surface area contributed by atoms with Gasteiger partial charge >= 0.3 is 12.0 Å². The Morgan fingerprint density at radius 1 is 1.20 bits per heavy atom. The maximum atomic E-state index is 11.4. The number of carboxylic acid groups (broad SMARTS) is 1. The third-order valence-electron chi connectivity index (χ3n) is 2.51. The maximum Gasteiger partial charge on any atom is 0.335 e. The molecule has 0 saturated carbocycles. The van der Waals surface area contributed by atoms with Crippen LogP contribution in [-0.4, -0.2) is 29.6 Å². The van der Waals surface area contributed by atoms with Crippen LogP contribution in [0, 0.1) is 0 Å². The highest BCUT2D eigenvalue weighted by atomic mass is 16.4. The van der Waals surface area contributed by atoms with Crippen molar-refractivity contribution in [3.05, 3.63) is 35.4 Å². The van der Waals surface area contributed by atoms with Crippen molar-refractivity contribution >= 4 is 17.9 Å². The molecule has 5 N–H and O–H groups in total. The highest BCUT2D eigenvalue weighted by molar-refractivity contribution is 5.87. The lowest BCUT2D eigenvalue weighted by molar-refractivity contribution is -0.118. The fourth-order valence-corrected chi connectivity index (χ4v) is 1.52. The van der Waals surface area contributed by atoms with Crippen molar-refractivity contribution in [3.63, 3.8) is 0 Å². The van der Waals surface area contributed by atoms with E-state index in [0.717, 1.165) is 0 Å². The number of aromatic carboxylic acids is 1. The summed E-state index contributed by atoms with van der Waals surface area (Å²) in [7, 11) is 0. The van der Waals surface area contributed by atoms with E-state index in [0.29, 0.717) is 18.5 Å². The van der Waals surface area contributed by atoms with Gasteiger partial charge < -0.3 is 21.5 Å². The van der Waals surface area contributed by atoms with Crippen LogP contribution in [0.1, 0.15) is 28.8 Å². The molecule has 0 unspecified atom stereocenters. The third-order valence-corrected chi connectivity index (χ3v) is 2.51. The summed E-state index contributed by atoms with van der Waals surface area (Å²) in [6.07, 6.45) is 0.707. The topological polar surface area (TPSA) is 122 Å². The van der Waals surface area contributed by atoms with Gasteiger partial charge in [0.15, 0.2) is 0 Å². The number of benzene rings is 1. The number of carbonyl (C=O) groups excluding carboxylic acids is 2. The summed E-state index contributed by atoms with van der Waals surface area (Å²) in [5, 5.41) is 14.0. The molecular formula is C13H17N3O4. The molecule has 108 valence electrons. The van der Waals surface area contributed by atoms with E-state index < -0.39 is 11.9 Å². The molecule has 0 aliphatic carbocycles. The monoisotopic (exact) mass is 279 g/mol. The van der Waals surface area contributed by atoms with Gasteiger partial charge in [-0.25, -0.2) is 9.59 Å². The maximum absolute atomic E-state index is 11.4. The molecule has 0 radical (unpaired) electrons. The van der Waals surface area contributed by atoms with Crippen LogP contribution in [0.3, 0.4) is 0 Å². The largest absolute Gasteiger partial charge is 0.478 e. The predicted octanol–water partition coefficient (Wildman–Crippen LogP) is 0.449. The first-order chi connectivity index (χ1) is 9.49. The van der Waals surface area contributed by atoms with E-state index in [1.54, 1.807) is 12.1 Å². The minimum atomic E-state index is -1.01. The smallest absolute Gasteiger partial charge is 0.335 e. The Hall–Kier alpha value is -2.57. The molecule has 20 heavy (non-hydrogen) atoms. The third kappa shape index (κ3) is 5.85. The normalized spacial score (nSPS) is 9.80. The summed E-state index contributed by atoms with van der Waals surface area (Å²) < 4.78 is 0. The molecule has 7 nitrogen and oxygen atoms in total. The molecule has 1 aromatic rings. The second-order valence-electron chi connectivity index (χ2n) is 4.18. The molecule has 0 atom stereocenters. The van der Waals surface area contributed by atoms with E-state index in [1.807, 2.05) is 0 Å². The molecule has 0 bridgehead atoms. The van der Waals surface area contributed by atoms with E-state index in [1.165, 1.54) is 12.1 Å². The van der Waals surface area contributed by atoms with E-state index in [-0.39, 0.29) is 24.6 Å². The van der Waals surface area contributed by atoms with E-state index in [9.17, 15) is 14.4 Å². The molecule has 0 aromatic heterocycles. The van der Waals surface area contributed by atoms with Crippen molar-refractivity contribution in [2.75, 3.05) is 6.54 Å². The Labute approximate surface area is 116 Å². The minimum absolute atomic E-state index is 0.172. The Morgan fingerprint density at radius 3 is 2.60 bits per heavy atom. The molecule has 7 heteroatoms. The summed E-state index contributed by atoms with van der Waals surface area (Å²) in [4.78, 5) is 32.7. The fourth-order valence-electron chi connectivity index (χ4n) is 1.52. The molecule has 1 aromatic carbocycles. The van der Waals surface area contributed by atoms with Gasteiger partial charge in [-0.05, 0) is 24.1 Å². The van der Waals surface area contributed by atoms with Crippen molar-refractivity contribution in [3.8, 4) is 0 Å². The second-order valence-corrected chi connectivity index (χ2v) is 4.18. The fraction of sp³-hybridized carbons (Fsp3) is 0.308. The number of nitrogens with one attached hydrogen (secondary N) is 2. The van der Waals surface area contributed by atoms with Crippen LogP contribution in [0.4, 0.5) is 4.79 Å². The van der Waals surface area contributed by atoms with Gasteiger partial charge in [-0.15, -0.1) is 0 Å². The predicted molar refractivity (Wildman–Crippen MR) is 72.1 cm³/mol. The van der Waals surface area contributed by atoms with Crippen LogP contribution >= 0.6 is 0 Å². The SMILES string of the molecule is NC(=O)CCCNC(=O)NCc1cccc(C(=O)O)c1. The number of hydrogen-bond donors (Lipinski definition) is 4. The number of rotatable bonds is 7. The first-order valence-electron chi connectivity index (χ1n) is 6.11. The molecule has 3 amide bonds. The van der Waals surface area contributed by atoms with E-state index in [2.05, 4.69) is 10.6 Å². The molecule has 0 aliphatic rings. The molecule has 0 fully saturated rings. The molecule has 0 saturated heterocycles. The second kappa shape index (κ2) is 7.78. The number of carboxylic acids is 1. The average Bonchev–Trinajstić information content (AvgIpc) is 2.41. The lowest BCUT2D eigenvalue weighted by Crippen LogP contribution is -2.35. The first kappa shape index (κ1) is 15.5. The zero-order valence-electron chi connectivity index (χ0n) is 10.9. The van der Waals surface area contributed by atoms with Gasteiger partial charge in [0.05, 0.1) is 5.56 Å². The van der Waals surface area contributed by atoms with Crippen LogP contribution < -0.4 is 16.4 Å². The summed E-state index contributed by atoms with van der Waals surface area (Å²) in [6.45, 7) is 0.576. The van der Waals surface area contributed by atoms with Crippen molar-refractivity contribution < 1.29 is 19.5 Å². The average molecular weight is 279 g/mol. The van der Waals surface area contributed by atoms with Gasteiger partial charge in [-0.3, -0.25) is 4.79 Å². The number of urea groups is 1. The number of amides is 3. The highest BCUT2D eigenvalue weighted by Gasteiger charge is 2.04. The summed E-state index contributed by atoms with van der Waals surface area (Å²) in [5.74, 6) is -1.42. The Balaban J connectivity index is 2.32. The Kier molecular flexibility index (Phi) is 6.02. The molecular weight excluding hydrogens is 262 g/mol. The first-order valence-corrected chi connectivity index (χ1v) is 6.11. The molecule has 0 spiro atoms. The van der Waals surface area contributed by atoms with Crippen LogP contribution in [0.25, 0.3) is 0 Å². The van der Waals surface area contributed by atoms with Gasteiger partial charge in [0.2, 0.25) is 5.91 Å². The van der Waals surface area contributed by atoms with Crippen LogP contribution in [-0.2, 0) is 11.3 Å². The quantitative estimate of drug-likeness (QED) is 0.541. The van der Waals surface area contributed by atoms with Crippen molar-refractivity contribution in [2.24, 2.45) is 5.73 Å². The standard InChI is InChI=1S/C13H17N3O4/c14-11(17)5-2-6-15-13(20)16-8-9-3-1-4-10(7-9)12(18)19/h1,3-4,7H,2,5-6,8H2,(H2,14,17)(H,18,19)(H2,15,16,20). The highest BCUT2D eigenvalue weighted by Crippen LogP contribution is 2.04. The molecule has 0 aliphatic heterocycles. The van der Waals surface area contributed by atoms with Gasteiger partial charge in [0, 0.05) is 19.5 Å². The summed E-state index contributed by atoms with van der Waals surface area (Å²) in [5.41, 5.74) is 5.83. The van der Waals surface area contributed by atoms with Gasteiger partial charge in [0.25, 0.3) is 0 Å². The van der Waals surface area contributed by atoms with Crippen LogP contribution in [0.2, 0.25) is 0 Å². The number of hydrogen-bond acceptors (Lipinski definition) is 3. The minimum Gasteiger partial charge on any atom is -0.478 e. The number of carbonyl (C=O) groups is 3. The van der Waals surface area contributed by atoms with Crippen molar-refractivity contribution in [2.45, 2.75) is 19.4 Å². The van der Waals surface area contributed by atoms with Crippen molar-refractivity contribution in [1.82, 2.24) is 10.6 Å². The Morgan fingerprint density at radius 2 is 1.95 bits per heavy atom. The van der Waals surface area contributed by atoms with Crippen LogP contribution in [0.15, 0.2) is 24.3 Å². The van der Waals surface area contributed by atoms with Gasteiger partial charge in [0.1, 0.15) is 0 Å². The van der Waals surface area contributed by atoms with E-state index >= 15 is 0 Å². The number of nitrogens with two attached hydrogens (primary N) is 1. The lowest BCUT2D eigenvalue weighted by atomic mass is 10.1. The summed E-state index contributed by atoms with van der Waals surface area (Å²) >= 11 is 0. The molecule has 1 rings (SSSR count). The van der Waals surface area contributed by atoms with Crippen LogP contribution in [0.5, 0.6) is 0 Å². The zero-order valence-corrected chi connectivity index (χ0v) is 10.9. The van der Waals surface area contributed by atoms with Gasteiger partial charge in [-0.1, -0.05) is 12.1 Å².